The quantitative estimate of drug-likeness (QED) is 0.201. The van der Waals surface area contributed by atoms with Gasteiger partial charge in [-0.15, -0.1) is 22.6 Å². The molecule has 0 bridgehead atoms. The molecule has 11 nitrogen and oxygen atoms in total. The molecule has 0 saturated heterocycles. The number of nitrogens with zero attached hydrogens (tertiary/aromatic N) is 2. The van der Waals surface area contributed by atoms with Crippen LogP contribution in [0, 0.1) is 0 Å². The number of rotatable bonds is 4. The molecule has 2 rings (SSSR count). The van der Waals surface area contributed by atoms with Crippen LogP contribution in [0.15, 0.2) is 34.1 Å². The van der Waals surface area contributed by atoms with Crippen molar-refractivity contribution in [2.24, 2.45) is 0 Å². The van der Waals surface area contributed by atoms with Crippen LogP contribution in [0.5, 0.6) is 0 Å². The van der Waals surface area contributed by atoms with Crippen LogP contribution in [0.2, 0.25) is 0 Å². The van der Waals surface area contributed by atoms with Gasteiger partial charge < -0.3 is 0 Å². The first-order valence-corrected chi connectivity index (χ1v) is 11.5. The molecule has 1 aromatic carbocycles. The van der Waals surface area contributed by atoms with E-state index in [9.17, 15) is 21.0 Å². The van der Waals surface area contributed by atoms with E-state index in [0.717, 1.165) is 11.3 Å². The molecule has 4 N–H and O–H groups in total. The molecule has 25 heavy (non-hydrogen) atoms. The first-order chi connectivity index (χ1) is 11.1. The zero-order chi connectivity index (χ0) is 18.4. The summed E-state index contributed by atoms with van der Waals surface area (Å²) >= 11 is -4.06. The molecule has 1 atom stereocenters. The molecular formula is C10H13AsClN3O8S2. The fourth-order valence-electron chi connectivity index (χ4n) is 1.29. The molecule has 1 aromatic heterocycles. The smallest absolute Gasteiger partial charge is 0.280 e. The summed E-state index contributed by atoms with van der Waals surface area (Å²) in [5, 5.41) is 17.0. The molecule has 1 heterocycles. The van der Waals surface area contributed by atoms with Crippen molar-refractivity contribution in [3.05, 3.63) is 29.8 Å². The van der Waals surface area contributed by atoms with Gasteiger partial charge in [0, 0.05) is 0 Å². The van der Waals surface area contributed by atoms with E-state index >= 15 is 0 Å². The SMILES string of the molecule is CC(=O)Nc1cccc([As](=O)(O)OO)c1.Cl.O=S(=O)(O)c1nncs1. The molecule has 0 aliphatic rings. The van der Waals surface area contributed by atoms with Crippen molar-refractivity contribution >= 4 is 64.0 Å². The molecule has 15 heteroatoms. The molecule has 0 aliphatic carbocycles. The fourth-order valence-corrected chi connectivity index (χ4v) is 3.74. The predicted octanol–water partition coefficient (Wildman–Crippen LogP) is -0.0901. The average molecular weight is 478 g/mol. The third-order valence-corrected chi connectivity index (χ3v) is 6.51. The monoisotopic (exact) mass is 477 g/mol. The van der Waals surface area contributed by atoms with E-state index in [1.54, 1.807) is 6.07 Å². The Labute approximate surface area is 155 Å². The Hall–Kier alpha value is -1.31. The molecule has 140 valence electrons. The normalized spacial score (nSPS) is 12.8. The van der Waals surface area contributed by atoms with Gasteiger partial charge in [0.1, 0.15) is 5.51 Å². The van der Waals surface area contributed by atoms with Gasteiger partial charge in [-0.05, 0) is 0 Å². The fraction of sp³-hybridized carbons (Fsp3) is 0.100. The maximum atomic E-state index is 11.3. The summed E-state index contributed by atoms with van der Waals surface area (Å²) in [5.41, 5.74) is 1.59. The van der Waals surface area contributed by atoms with Crippen molar-refractivity contribution < 1.29 is 34.7 Å². The molecule has 0 aliphatic heterocycles. The van der Waals surface area contributed by atoms with Gasteiger partial charge in [0.15, 0.2) is 0 Å². The number of hydrogen-bond acceptors (Lipinski definition) is 9. The summed E-state index contributed by atoms with van der Waals surface area (Å²) in [6.45, 7) is 1.32. The first-order valence-electron chi connectivity index (χ1n) is 5.84. The predicted molar refractivity (Wildman–Crippen MR) is 89.7 cm³/mol. The number of halogens is 1. The standard InChI is InChI=1S/C8H10AsNO5.C2H2N2O3S2.ClH/c1-6(11)10-8-4-2-3-7(5-8)9(12,13)15-14;5-9(6,7)2-4-3-1-8-2;/h2-5,14H,1H3,(H,10,11)(H,12,13);1H,(H,5,6,7);1H. The van der Waals surface area contributed by atoms with Gasteiger partial charge in [-0.1, -0.05) is 11.3 Å². The Morgan fingerprint density at radius 2 is 2.04 bits per heavy atom. The minimum Gasteiger partial charge on any atom is -0.280 e. The van der Waals surface area contributed by atoms with E-state index in [-0.39, 0.29) is 27.0 Å². The number of carbonyl (C=O) groups excluding carboxylic acids is 1. The van der Waals surface area contributed by atoms with Gasteiger partial charge in [-0.25, -0.2) is 0 Å². The van der Waals surface area contributed by atoms with Crippen LogP contribution in [-0.4, -0.2) is 52.6 Å². The van der Waals surface area contributed by atoms with Crippen LogP contribution in [0.4, 0.5) is 5.69 Å². The maximum absolute atomic E-state index is 11.3. The number of anilines is 1. The molecule has 1 unspecified atom stereocenters. The van der Waals surface area contributed by atoms with E-state index in [1.807, 2.05) is 0 Å². The second kappa shape index (κ2) is 9.99. The van der Waals surface area contributed by atoms with Crippen LogP contribution < -0.4 is 9.67 Å². The number of hydrogen-bond donors (Lipinski definition) is 4. The van der Waals surface area contributed by atoms with Crippen LogP contribution >= 0.6 is 23.7 Å². The summed E-state index contributed by atoms with van der Waals surface area (Å²) in [4.78, 5) is 10.7. The van der Waals surface area contributed by atoms with E-state index in [2.05, 4.69) is 19.4 Å². The van der Waals surface area contributed by atoms with Crippen LogP contribution in [0.1, 0.15) is 6.92 Å². The Bertz CT molecular complexity index is 846. The van der Waals surface area contributed by atoms with E-state index < -0.39 is 24.3 Å². The van der Waals surface area contributed by atoms with Gasteiger partial charge in [-0.2, -0.15) is 8.42 Å². The van der Waals surface area contributed by atoms with Crippen molar-refractivity contribution in [3.63, 3.8) is 0 Å². The second-order valence-corrected chi connectivity index (χ2v) is 10.1. The van der Waals surface area contributed by atoms with Crippen LogP contribution in [-0.2, 0) is 22.5 Å². The average Bonchev–Trinajstić information content (AvgIpc) is 3.02. The molecule has 0 fully saturated rings. The number of benzene rings is 1. The number of amides is 1. The second-order valence-electron chi connectivity index (χ2n) is 4.01. The zero-order valence-corrected chi connectivity index (χ0v) is 16.7. The largest absolute Gasteiger partial charge is 0.323 e. The van der Waals surface area contributed by atoms with Gasteiger partial charge in [0.25, 0.3) is 4.34 Å². The van der Waals surface area contributed by atoms with E-state index in [1.165, 1.54) is 30.6 Å². The number of carbonyl (C=O) groups is 1. The number of aromatic nitrogens is 2. The van der Waals surface area contributed by atoms with Gasteiger partial charge >= 0.3 is 98.5 Å². The van der Waals surface area contributed by atoms with Crippen molar-refractivity contribution in [1.82, 2.24) is 10.2 Å². The number of nitrogens with one attached hydrogen (secondary N) is 1. The van der Waals surface area contributed by atoms with Crippen molar-refractivity contribution in [1.29, 1.82) is 0 Å². The molecular weight excluding hydrogens is 465 g/mol. The Morgan fingerprint density at radius 1 is 1.40 bits per heavy atom. The van der Waals surface area contributed by atoms with Gasteiger partial charge in [0.2, 0.25) is 0 Å². The summed E-state index contributed by atoms with van der Waals surface area (Å²) in [6.07, 6.45) is 0. The van der Waals surface area contributed by atoms with Crippen molar-refractivity contribution in [2.45, 2.75) is 11.3 Å². The molecule has 2 aromatic rings. The first kappa shape index (κ1) is 23.7. The summed E-state index contributed by atoms with van der Waals surface area (Å²) in [5.74, 6) is -0.294. The van der Waals surface area contributed by atoms with Crippen LogP contribution in [0.25, 0.3) is 0 Å². The van der Waals surface area contributed by atoms with Crippen LogP contribution in [0.3, 0.4) is 0 Å². The molecule has 0 saturated carbocycles. The van der Waals surface area contributed by atoms with Gasteiger partial charge in [0.05, 0.1) is 0 Å². The minimum absolute atomic E-state index is 0. The van der Waals surface area contributed by atoms with E-state index in [4.69, 9.17) is 9.81 Å². The molecule has 0 radical (unpaired) electrons. The minimum atomic E-state index is -4.83. The molecule has 1 amide bonds. The summed E-state index contributed by atoms with van der Waals surface area (Å²) in [7, 11) is -4.11. The van der Waals surface area contributed by atoms with Crippen molar-refractivity contribution in [3.8, 4) is 0 Å². The summed E-state index contributed by atoms with van der Waals surface area (Å²) < 4.78 is 52.1. The zero-order valence-electron chi connectivity index (χ0n) is 12.3. The Morgan fingerprint density at radius 3 is 2.44 bits per heavy atom. The van der Waals surface area contributed by atoms with Gasteiger partial charge in [-0.3, -0.25) is 4.55 Å². The van der Waals surface area contributed by atoms with Crippen molar-refractivity contribution in [2.75, 3.05) is 5.32 Å². The Kier molecular flexibility index (Phi) is 9.46. The Balaban J connectivity index is 0.000000495. The summed E-state index contributed by atoms with van der Waals surface area (Å²) in [6, 6.07) is 5.64. The third-order valence-electron chi connectivity index (χ3n) is 2.16. The topological polar surface area (TPSA) is 176 Å². The maximum Gasteiger partial charge on any atom is 0.323 e. The third kappa shape index (κ3) is 8.07. The molecule has 0 spiro atoms. The van der Waals surface area contributed by atoms with E-state index in [0.29, 0.717) is 5.69 Å².